The molecule has 1 aliphatic rings. The fraction of sp³-hybridized carbons (Fsp3) is 0.556. The summed E-state index contributed by atoms with van der Waals surface area (Å²) in [4.78, 5) is 23.8. The average molecular weight is 334 g/mol. The van der Waals surface area contributed by atoms with Crippen molar-refractivity contribution < 1.29 is 19.1 Å². The van der Waals surface area contributed by atoms with Crippen LogP contribution < -0.4 is 10.6 Å². The fourth-order valence-electron chi connectivity index (χ4n) is 2.45. The summed E-state index contributed by atoms with van der Waals surface area (Å²) in [6, 6.07) is 6.71. The molecule has 0 aliphatic carbocycles. The van der Waals surface area contributed by atoms with Crippen LogP contribution >= 0.6 is 0 Å². The zero-order valence-corrected chi connectivity index (χ0v) is 14.6. The number of hydrogen-bond donors (Lipinski definition) is 2. The number of benzene rings is 1. The van der Waals surface area contributed by atoms with Crippen LogP contribution in [0.3, 0.4) is 0 Å². The van der Waals surface area contributed by atoms with Gasteiger partial charge in [0.15, 0.2) is 0 Å². The maximum absolute atomic E-state index is 12.1. The minimum absolute atomic E-state index is 0.128. The molecule has 2 N–H and O–H groups in total. The summed E-state index contributed by atoms with van der Waals surface area (Å²) in [6.07, 6.45) is 2.76. The third kappa shape index (κ3) is 6.20. The molecule has 1 aromatic carbocycles. The Morgan fingerprint density at radius 1 is 1.25 bits per heavy atom. The molecule has 0 bridgehead atoms. The Bertz CT molecular complexity index is 557. The van der Waals surface area contributed by atoms with Gasteiger partial charge in [0.1, 0.15) is 5.60 Å². The number of amides is 2. The fourth-order valence-corrected chi connectivity index (χ4v) is 2.45. The monoisotopic (exact) mass is 334 g/mol. The molecular formula is C18H26N2O4. The predicted molar refractivity (Wildman–Crippen MR) is 92.2 cm³/mol. The number of rotatable bonds is 5. The van der Waals surface area contributed by atoms with Crippen LogP contribution in [-0.2, 0) is 9.47 Å². The van der Waals surface area contributed by atoms with Gasteiger partial charge < -0.3 is 14.8 Å². The molecule has 1 saturated heterocycles. The topological polar surface area (TPSA) is 76.7 Å². The molecule has 132 valence electrons. The first-order chi connectivity index (χ1) is 11.3. The highest BCUT2D eigenvalue weighted by molar-refractivity contribution is 5.95. The third-order valence-corrected chi connectivity index (χ3v) is 3.57. The van der Waals surface area contributed by atoms with E-state index in [4.69, 9.17) is 9.47 Å². The first kappa shape index (κ1) is 18.3. The van der Waals surface area contributed by atoms with Crippen LogP contribution in [0.15, 0.2) is 24.3 Å². The third-order valence-electron chi connectivity index (χ3n) is 3.57. The molecule has 1 aliphatic heterocycles. The highest BCUT2D eigenvalue weighted by Gasteiger charge is 2.17. The van der Waals surface area contributed by atoms with Crippen molar-refractivity contribution in [2.24, 2.45) is 0 Å². The number of carbonyl (C=O) groups is 2. The van der Waals surface area contributed by atoms with Gasteiger partial charge >= 0.3 is 6.09 Å². The molecular weight excluding hydrogens is 308 g/mol. The standard InChI is InChI=1S/C18H26N2O4/c1-18(2,3)24-17(22)20-14-8-6-13(7-9-14)16(21)19-11-10-15-5-4-12-23-15/h6-9,15H,4-5,10-12H2,1-3H3,(H,19,21)(H,20,22). The first-order valence-corrected chi connectivity index (χ1v) is 8.33. The minimum atomic E-state index is -0.549. The summed E-state index contributed by atoms with van der Waals surface area (Å²) in [7, 11) is 0. The van der Waals surface area contributed by atoms with Crippen LogP contribution in [0.2, 0.25) is 0 Å². The van der Waals surface area contributed by atoms with Gasteiger partial charge in [-0.25, -0.2) is 4.79 Å². The quantitative estimate of drug-likeness (QED) is 0.866. The lowest BCUT2D eigenvalue weighted by Gasteiger charge is -2.19. The van der Waals surface area contributed by atoms with E-state index in [0.29, 0.717) is 17.8 Å². The lowest BCUT2D eigenvalue weighted by molar-refractivity contribution is 0.0635. The largest absolute Gasteiger partial charge is 0.444 e. The van der Waals surface area contributed by atoms with Gasteiger partial charge in [0.25, 0.3) is 5.91 Å². The molecule has 1 aromatic rings. The second-order valence-corrected chi connectivity index (χ2v) is 6.88. The molecule has 0 spiro atoms. The van der Waals surface area contributed by atoms with Crippen LogP contribution in [0, 0.1) is 0 Å². The molecule has 2 amide bonds. The Kier molecular flexibility index (Phi) is 6.20. The van der Waals surface area contributed by atoms with Crippen LogP contribution in [0.25, 0.3) is 0 Å². The van der Waals surface area contributed by atoms with Crippen molar-refractivity contribution in [2.75, 3.05) is 18.5 Å². The van der Waals surface area contributed by atoms with Crippen LogP contribution in [0.5, 0.6) is 0 Å². The van der Waals surface area contributed by atoms with Gasteiger partial charge in [0, 0.05) is 24.4 Å². The van der Waals surface area contributed by atoms with E-state index < -0.39 is 11.7 Å². The van der Waals surface area contributed by atoms with Gasteiger partial charge in [-0.05, 0) is 64.3 Å². The normalized spacial score (nSPS) is 17.4. The van der Waals surface area contributed by atoms with E-state index >= 15 is 0 Å². The van der Waals surface area contributed by atoms with Gasteiger partial charge in [-0.2, -0.15) is 0 Å². The first-order valence-electron chi connectivity index (χ1n) is 8.33. The number of ether oxygens (including phenoxy) is 2. The van der Waals surface area contributed by atoms with E-state index in [1.807, 2.05) is 0 Å². The average Bonchev–Trinajstić information content (AvgIpc) is 2.99. The second kappa shape index (κ2) is 8.15. The SMILES string of the molecule is CC(C)(C)OC(=O)Nc1ccc(C(=O)NCCC2CCCO2)cc1. The maximum atomic E-state index is 12.1. The Labute approximate surface area is 142 Å². The van der Waals surface area contributed by atoms with E-state index in [9.17, 15) is 9.59 Å². The number of anilines is 1. The highest BCUT2D eigenvalue weighted by Crippen LogP contribution is 2.15. The molecule has 6 heteroatoms. The smallest absolute Gasteiger partial charge is 0.412 e. The van der Waals surface area contributed by atoms with E-state index in [1.54, 1.807) is 45.0 Å². The predicted octanol–water partition coefficient (Wildman–Crippen LogP) is 3.33. The molecule has 1 heterocycles. The summed E-state index contributed by atoms with van der Waals surface area (Å²) in [6.45, 7) is 6.83. The molecule has 6 nitrogen and oxygen atoms in total. The van der Waals surface area contributed by atoms with Crippen molar-refractivity contribution in [3.63, 3.8) is 0 Å². The lowest BCUT2D eigenvalue weighted by atomic mass is 10.1. The van der Waals surface area contributed by atoms with Crippen LogP contribution in [0.4, 0.5) is 10.5 Å². The molecule has 1 fully saturated rings. The van der Waals surface area contributed by atoms with Crippen molar-refractivity contribution in [1.29, 1.82) is 0 Å². The Hall–Kier alpha value is -2.08. The van der Waals surface area contributed by atoms with Crippen molar-refractivity contribution in [2.45, 2.75) is 51.7 Å². The van der Waals surface area contributed by atoms with E-state index in [2.05, 4.69) is 10.6 Å². The van der Waals surface area contributed by atoms with Crippen molar-refractivity contribution in [3.8, 4) is 0 Å². The van der Waals surface area contributed by atoms with Gasteiger partial charge in [-0.15, -0.1) is 0 Å². The number of nitrogens with one attached hydrogen (secondary N) is 2. The zero-order chi connectivity index (χ0) is 17.6. The van der Waals surface area contributed by atoms with Crippen molar-refractivity contribution in [1.82, 2.24) is 5.32 Å². The molecule has 0 aromatic heterocycles. The van der Waals surface area contributed by atoms with Crippen molar-refractivity contribution in [3.05, 3.63) is 29.8 Å². The molecule has 0 radical (unpaired) electrons. The molecule has 2 rings (SSSR count). The van der Waals surface area contributed by atoms with Gasteiger partial charge in [0.2, 0.25) is 0 Å². The minimum Gasteiger partial charge on any atom is -0.444 e. The Balaban J connectivity index is 1.77. The molecule has 24 heavy (non-hydrogen) atoms. The number of carbonyl (C=O) groups excluding carboxylic acids is 2. The molecule has 1 unspecified atom stereocenters. The van der Waals surface area contributed by atoms with Gasteiger partial charge in [-0.3, -0.25) is 10.1 Å². The Morgan fingerprint density at radius 2 is 1.96 bits per heavy atom. The zero-order valence-electron chi connectivity index (χ0n) is 14.6. The van der Waals surface area contributed by atoms with E-state index in [0.717, 1.165) is 25.9 Å². The summed E-state index contributed by atoms with van der Waals surface area (Å²) in [5, 5.41) is 5.52. The second-order valence-electron chi connectivity index (χ2n) is 6.88. The summed E-state index contributed by atoms with van der Waals surface area (Å²) >= 11 is 0. The molecule has 0 saturated carbocycles. The van der Waals surface area contributed by atoms with Gasteiger partial charge in [-0.1, -0.05) is 0 Å². The van der Waals surface area contributed by atoms with Crippen LogP contribution in [0.1, 0.15) is 50.4 Å². The summed E-state index contributed by atoms with van der Waals surface area (Å²) in [5.41, 5.74) is 0.588. The maximum Gasteiger partial charge on any atom is 0.412 e. The summed E-state index contributed by atoms with van der Waals surface area (Å²) < 4.78 is 10.7. The van der Waals surface area contributed by atoms with Crippen LogP contribution in [-0.4, -0.2) is 36.9 Å². The van der Waals surface area contributed by atoms with E-state index in [-0.39, 0.29) is 12.0 Å². The van der Waals surface area contributed by atoms with E-state index in [1.165, 1.54) is 0 Å². The lowest BCUT2D eigenvalue weighted by Crippen LogP contribution is -2.27. The number of hydrogen-bond acceptors (Lipinski definition) is 4. The summed E-state index contributed by atoms with van der Waals surface area (Å²) in [5.74, 6) is -0.128. The van der Waals surface area contributed by atoms with Gasteiger partial charge in [0.05, 0.1) is 6.10 Å². The highest BCUT2D eigenvalue weighted by atomic mass is 16.6. The molecule has 1 atom stereocenters. The van der Waals surface area contributed by atoms with Crippen molar-refractivity contribution >= 4 is 17.7 Å². The Morgan fingerprint density at radius 3 is 2.54 bits per heavy atom.